The highest BCUT2D eigenvalue weighted by molar-refractivity contribution is 8.00. The Labute approximate surface area is 212 Å². The number of unbranched alkanes of at least 4 members (excludes halogenated alkanes) is 1. The van der Waals surface area contributed by atoms with E-state index in [1.807, 2.05) is 48.5 Å². The van der Waals surface area contributed by atoms with Crippen molar-refractivity contribution in [2.24, 2.45) is 7.05 Å². The lowest BCUT2D eigenvalue weighted by Gasteiger charge is -2.19. The van der Waals surface area contributed by atoms with Gasteiger partial charge < -0.3 is 10.1 Å². The number of thioether (sulfide) groups is 1. The molecule has 186 valence electrons. The van der Waals surface area contributed by atoms with E-state index in [0.29, 0.717) is 29.4 Å². The number of amides is 1. The fourth-order valence-corrected chi connectivity index (χ4v) is 4.99. The molecule has 3 rings (SSSR count). The van der Waals surface area contributed by atoms with Crippen molar-refractivity contribution < 1.29 is 9.53 Å². The van der Waals surface area contributed by atoms with E-state index in [4.69, 9.17) is 9.72 Å². The minimum Gasteiger partial charge on any atom is -0.378 e. The summed E-state index contributed by atoms with van der Waals surface area (Å²) in [6, 6.07) is 20.0. The molecule has 0 saturated heterocycles. The van der Waals surface area contributed by atoms with Crippen LogP contribution in [0.1, 0.15) is 48.6 Å². The smallest absolute Gasteiger partial charge is 0.257 e. The Morgan fingerprint density at radius 3 is 2.37 bits per heavy atom. The van der Waals surface area contributed by atoms with E-state index in [0.717, 1.165) is 31.2 Å². The summed E-state index contributed by atoms with van der Waals surface area (Å²) in [4.78, 5) is 31.2. The van der Waals surface area contributed by atoms with Gasteiger partial charge in [-0.1, -0.05) is 92.2 Å². The maximum absolute atomic E-state index is 13.3. The molecule has 0 bridgehead atoms. The second-order valence-electron chi connectivity index (χ2n) is 8.55. The molecule has 0 radical (unpaired) electrons. The molecule has 0 saturated carbocycles. The summed E-state index contributed by atoms with van der Waals surface area (Å²) in [5, 5.41) is 3.30. The van der Waals surface area contributed by atoms with Crippen molar-refractivity contribution in [2.45, 2.75) is 56.0 Å². The van der Waals surface area contributed by atoms with Crippen LogP contribution >= 0.6 is 11.8 Å². The van der Waals surface area contributed by atoms with Crippen LogP contribution in [0.3, 0.4) is 0 Å². The van der Waals surface area contributed by atoms with Crippen LogP contribution in [0.4, 0.5) is 0 Å². The van der Waals surface area contributed by atoms with Gasteiger partial charge in [0, 0.05) is 32.7 Å². The molecule has 6 nitrogen and oxygen atoms in total. The number of benzene rings is 2. The highest BCUT2D eigenvalue weighted by atomic mass is 32.2. The number of nitrogens with zero attached hydrogens (tertiary/aromatic N) is 2. The molecule has 0 aliphatic carbocycles. The number of methoxy groups -OCH3 is 1. The molecule has 1 atom stereocenters. The number of hydrogen-bond donors (Lipinski definition) is 1. The van der Waals surface area contributed by atoms with E-state index in [1.54, 1.807) is 18.7 Å². The van der Waals surface area contributed by atoms with Crippen molar-refractivity contribution in [3.05, 3.63) is 93.4 Å². The molecule has 0 spiro atoms. The maximum Gasteiger partial charge on any atom is 0.257 e. The zero-order chi connectivity index (χ0) is 25.0. The van der Waals surface area contributed by atoms with Crippen molar-refractivity contribution in [3.63, 3.8) is 0 Å². The monoisotopic (exact) mass is 493 g/mol. The third-order valence-electron chi connectivity index (χ3n) is 5.85. The fourth-order valence-electron chi connectivity index (χ4n) is 3.86. The Kier molecular flexibility index (Phi) is 10.6. The van der Waals surface area contributed by atoms with Gasteiger partial charge in [-0.2, -0.15) is 0 Å². The van der Waals surface area contributed by atoms with Crippen LogP contribution in [-0.2, 0) is 36.0 Å². The van der Waals surface area contributed by atoms with Crippen molar-refractivity contribution in [1.82, 2.24) is 14.9 Å². The Morgan fingerprint density at radius 1 is 1.09 bits per heavy atom. The normalized spacial score (nSPS) is 11.9. The first-order valence-corrected chi connectivity index (χ1v) is 13.0. The summed E-state index contributed by atoms with van der Waals surface area (Å²) in [6.07, 6.45) is 3.91. The van der Waals surface area contributed by atoms with Gasteiger partial charge in [-0.25, -0.2) is 4.98 Å². The molecule has 0 aliphatic heterocycles. The van der Waals surface area contributed by atoms with Gasteiger partial charge in [-0.15, -0.1) is 0 Å². The lowest BCUT2D eigenvalue weighted by Crippen LogP contribution is -2.35. The fraction of sp³-hybridized carbons (Fsp3) is 0.393. The topological polar surface area (TPSA) is 73.2 Å². The Morgan fingerprint density at radius 2 is 1.74 bits per heavy atom. The number of ether oxygens (including phenoxy) is 1. The van der Waals surface area contributed by atoms with Gasteiger partial charge in [0.1, 0.15) is 0 Å². The van der Waals surface area contributed by atoms with E-state index in [-0.39, 0.29) is 23.3 Å². The highest BCUT2D eigenvalue weighted by Crippen LogP contribution is 2.26. The summed E-state index contributed by atoms with van der Waals surface area (Å²) >= 11 is 1.36. The Bertz CT molecular complexity index is 1130. The molecule has 35 heavy (non-hydrogen) atoms. The minimum absolute atomic E-state index is 0.0183. The zero-order valence-electron chi connectivity index (χ0n) is 20.8. The molecule has 7 heteroatoms. The molecule has 0 fully saturated rings. The first-order valence-electron chi connectivity index (χ1n) is 12.1. The van der Waals surface area contributed by atoms with Gasteiger partial charge in [0.15, 0.2) is 5.16 Å². The van der Waals surface area contributed by atoms with Crippen LogP contribution in [-0.4, -0.2) is 34.4 Å². The summed E-state index contributed by atoms with van der Waals surface area (Å²) in [5.74, 6) is -0.0183. The molecule has 2 aromatic carbocycles. The standard InChI is InChI=1S/C28H35N3O3S/c1-4-5-16-25(26(32)29-18-17-21-12-8-6-9-13-21)35-28-30-24(20-34-3)23(27(33)31(28)2)19-22-14-10-7-11-15-22/h6-15,25H,4-5,16-20H2,1-3H3,(H,29,32). The molecule has 1 heterocycles. The number of hydrogen-bond acceptors (Lipinski definition) is 5. The second-order valence-corrected chi connectivity index (χ2v) is 9.72. The quantitative estimate of drug-likeness (QED) is 0.280. The molecular weight excluding hydrogens is 458 g/mol. The maximum atomic E-state index is 13.3. The Balaban J connectivity index is 1.79. The number of nitrogens with one attached hydrogen (secondary N) is 1. The molecule has 1 amide bonds. The number of aromatic nitrogens is 2. The van der Waals surface area contributed by atoms with Gasteiger partial charge in [0.2, 0.25) is 5.91 Å². The lowest BCUT2D eigenvalue weighted by molar-refractivity contribution is -0.120. The second kappa shape index (κ2) is 13.9. The van der Waals surface area contributed by atoms with Crippen LogP contribution in [0.2, 0.25) is 0 Å². The van der Waals surface area contributed by atoms with Crippen LogP contribution in [0, 0.1) is 0 Å². The summed E-state index contributed by atoms with van der Waals surface area (Å²) in [5.41, 5.74) is 3.38. The van der Waals surface area contributed by atoms with Crippen LogP contribution in [0.5, 0.6) is 0 Å². The molecular formula is C28H35N3O3S. The lowest BCUT2D eigenvalue weighted by atomic mass is 10.0. The predicted octanol–water partition coefficient (Wildman–Crippen LogP) is 4.53. The van der Waals surface area contributed by atoms with Crippen molar-refractivity contribution in [1.29, 1.82) is 0 Å². The van der Waals surface area contributed by atoms with Gasteiger partial charge in [0.25, 0.3) is 5.56 Å². The molecule has 3 aromatic rings. The van der Waals surface area contributed by atoms with Crippen LogP contribution in [0.15, 0.2) is 70.6 Å². The average molecular weight is 494 g/mol. The first kappa shape index (κ1) is 26.7. The SMILES string of the molecule is CCCCC(Sc1nc(COC)c(Cc2ccccc2)c(=O)n1C)C(=O)NCCc1ccccc1. The summed E-state index contributed by atoms with van der Waals surface area (Å²) in [6.45, 7) is 2.93. The third kappa shape index (κ3) is 7.80. The van der Waals surface area contributed by atoms with E-state index in [2.05, 4.69) is 24.4 Å². The van der Waals surface area contributed by atoms with E-state index >= 15 is 0 Å². The van der Waals surface area contributed by atoms with Crippen molar-refractivity contribution >= 4 is 17.7 Å². The van der Waals surface area contributed by atoms with Crippen molar-refractivity contribution in [3.8, 4) is 0 Å². The number of rotatable bonds is 13. The Hall–Kier alpha value is -2.90. The third-order valence-corrected chi connectivity index (χ3v) is 7.16. The highest BCUT2D eigenvalue weighted by Gasteiger charge is 2.23. The number of carbonyl (C=O) groups excluding carboxylic acids is 1. The van der Waals surface area contributed by atoms with Gasteiger partial charge >= 0.3 is 0 Å². The first-order chi connectivity index (χ1) is 17.0. The summed E-state index contributed by atoms with van der Waals surface area (Å²) in [7, 11) is 3.33. The summed E-state index contributed by atoms with van der Waals surface area (Å²) < 4.78 is 6.94. The van der Waals surface area contributed by atoms with E-state index in [1.165, 1.54) is 17.3 Å². The van der Waals surface area contributed by atoms with E-state index < -0.39 is 0 Å². The number of carbonyl (C=O) groups is 1. The predicted molar refractivity (Wildman–Crippen MR) is 142 cm³/mol. The molecule has 1 N–H and O–H groups in total. The molecule has 1 unspecified atom stereocenters. The van der Waals surface area contributed by atoms with Crippen molar-refractivity contribution in [2.75, 3.05) is 13.7 Å². The zero-order valence-corrected chi connectivity index (χ0v) is 21.6. The van der Waals surface area contributed by atoms with Crippen LogP contribution < -0.4 is 10.9 Å². The minimum atomic E-state index is -0.320. The van der Waals surface area contributed by atoms with Gasteiger partial charge in [0.05, 0.1) is 17.6 Å². The average Bonchev–Trinajstić information content (AvgIpc) is 2.88. The van der Waals surface area contributed by atoms with Crippen LogP contribution in [0.25, 0.3) is 0 Å². The van der Waals surface area contributed by atoms with Gasteiger partial charge in [-0.05, 0) is 24.0 Å². The molecule has 0 aliphatic rings. The largest absolute Gasteiger partial charge is 0.378 e. The van der Waals surface area contributed by atoms with Gasteiger partial charge in [-0.3, -0.25) is 14.2 Å². The molecule has 1 aromatic heterocycles. The van der Waals surface area contributed by atoms with E-state index in [9.17, 15) is 9.59 Å².